The van der Waals surface area contributed by atoms with E-state index in [0.29, 0.717) is 25.4 Å². The fourth-order valence-electron chi connectivity index (χ4n) is 4.20. The van der Waals surface area contributed by atoms with Crippen LogP contribution >= 0.6 is 0 Å². The van der Waals surface area contributed by atoms with Gasteiger partial charge < -0.3 is 34.5 Å². The average molecular weight is 529 g/mol. The van der Waals surface area contributed by atoms with Gasteiger partial charge in [0.2, 0.25) is 17.6 Å². The molecule has 2 atom stereocenters. The molecule has 0 bridgehead atoms. The van der Waals surface area contributed by atoms with Crippen molar-refractivity contribution in [3.05, 3.63) is 54.1 Å². The predicted octanol–water partition coefficient (Wildman–Crippen LogP) is 2.61. The number of ether oxygens (including phenoxy) is 1. The summed E-state index contributed by atoms with van der Waals surface area (Å²) in [6.07, 6.45) is 2.99. The van der Waals surface area contributed by atoms with Gasteiger partial charge in [-0.2, -0.15) is 4.98 Å². The van der Waals surface area contributed by atoms with E-state index in [4.69, 9.17) is 19.4 Å². The van der Waals surface area contributed by atoms with Crippen molar-refractivity contribution >= 4 is 11.8 Å². The second-order valence-corrected chi connectivity index (χ2v) is 9.28. The first kappa shape index (κ1) is 27.3. The molecule has 0 unspecified atom stereocenters. The zero-order chi connectivity index (χ0) is 27.1. The van der Waals surface area contributed by atoms with Crippen molar-refractivity contribution in [2.45, 2.75) is 38.8 Å². The Bertz CT molecular complexity index is 1210. The molecule has 1 aromatic carbocycles. The monoisotopic (exact) mass is 528 g/mol. The molecule has 1 fully saturated rings. The molecule has 0 saturated carbocycles. The molecule has 12 heteroatoms. The first-order valence-electron chi connectivity index (χ1n) is 12.7. The number of nitrogens with two attached hydrogens (primary N) is 1. The molecule has 1 aliphatic heterocycles. The Morgan fingerprint density at radius 3 is 2.76 bits per heavy atom. The minimum atomic E-state index is -0.648. The van der Waals surface area contributed by atoms with Gasteiger partial charge >= 0.3 is 0 Å². The Labute approximate surface area is 220 Å². The second kappa shape index (κ2) is 12.7. The number of benzene rings is 1. The summed E-state index contributed by atoms with van der Waals surface area (Å²) >= 11 is 0. The molecule has 1 saturated heterocycles. The largest absolute Gasteiger partial charge is 0.493 e. The van der Waals surface area contributed by atoms with E-state index in [2.05, 4.69) is 20.4 Å². The van der Waals surface area contributed by atoms with E-state index >= 15 is 0 Å². The first-order chi connectivity index (χ1) is 18.3. The third kappa shape index (κ3) is 6.95. The van der Waals surface area contributed by atoms with Crippen molar-refractivity contribution in [2.75, 3.05) is 39.3 Å². The standard InChI is InChI=1S/C26H33FN6O5/c1-17(28)25-30-23(31-38-25)20-8-7-19(16-21(20)27)36-15-5-10-32-9-4-11-33(13-12-32)26(35)18(2)29-24(34)22-6-3-14-37-22/h3,6-8,14,16-18H,4-5,9-13,15,28H2,1-2H3,(H,29,34)/t17-,18-/m0/s1. The van der Waals surface area contributed by atoms with Gasteiger partial charge in [-0.15, -0.1) is 0 Å². The van der Waals surface area contributed by atoms with Crippen LogP contribution in [0, 0.1) is 5.82 Å². The summed E-state index contributed by atoms with van der Waals surface area (Å²) in [5.74, 6) is -0.0550. The van der Waals surface area contributed by atoms with Crippen LogP contribution < -0.4 is 15.8 Å². The lowest BCUT2D eigenvalue weighted by Gasteiger charge is -2.25. The topological polar surface area (TPSA) is 140 Å². The van der Waals surface area contributed by atoms with Crippen LogP contribution in [0.1, 0.15) is 49.2 Å². The highest BCUT2D eigenvalue weighted by Gasteiger charge is 2.25. The average Bonchev–Trinajstić information content (AvgIpc) is 3.56. The molecular weight excluding hydrogens is 495 g/mol. The number of halogens is 1. The van der Waals surface area contributed by atoms with Gasteiger partial charge in [-0.1, -0.05) is 5.16 Å². The number of nitrogens with one attached hydrogen (secondary N) is 1. The summed E-state index contributed by atoms with van der Waals surface area (Å²) in [5.41, 5.74) is 5.93. The molecule has 1 aliphatic rings. The van der Waals surface area contributed by atoms with Crippen molar-refractivity contribution in [1.82, 2.24) is 25.3 Å². The van der Waals surface area contributed by atoms with Crippen molar-refractivity contribution in [3.8, 4) is 17.1 Å². The number of hydrogen-bond donors (Lipinski definition) is 2. The maximum absolute atomic E-state index is 14.6. The molecule has 3 heterocycles. The van der Waals surface area contributed by atoms with Gasteiger partial charge in [0, 0.05) is 32.2 Å². The smallest absolute Gasteiger partial charge is 0.287 e. The minimum absolute atomic E-state index is 0.116. The van der Waals surface area contributed by atoms with Crippen LogP contribution in [-0.4, -0.2) is 77.1 Å². The van der Waals surface area contributed by atoms with Crippen LogP contribution in [0.4, 0.5) is 4.39 Å². The third-order valence-corrected chi connectivity index (χ3v) is 6.26. The summed E-state index contributed by atoms with van der Waals surface area (Å²) in [4.78, 5) is 33.2. The molecule has 3 aromatic rings. The molecule has 38 heavy (non-hydrogen) atoms. The summed E-state index contributed by atoms with van der Waals surface area (Å²) < 4.78 is 30.5. The molecule has 0 aliphatic carbocycles. The van der Waals surface area contributed by atoms with Crippen LogP contribution in [0.3, 0.4) is 0 Å². The van der Waals surface area contributed by atoms with Gasteiger partial charge in [0.1, 0.15) is 17.6 Å². The maximum Gasteiger partial charge on any atom is 0.287 e. The SMILES string of the molecule is C[C@H](NC(=O)c1ccco1)C(=O)N1CCCN(CCCOc2ccc(-c3noc([C@H](C)N)n3)c(F)c2)CC1. The molecule has 2 amide bonds. The van der Waals surface area contributed by atoms with Crippen molar-refractivity contribution in [2.24, 2.45) is 5.73 Å². The number of amides is 2. The summed E-state index contributed by atoms with van der Waals surface area (Å²) in [6.45, 7) is 7.38. The molecule has 4 rings (SSSR count). The summed E-state index contributed by atoms with van der Waals surface area (Å²) in [7, 11) is 0. The fourth-order valence-corrected chi connectivity index (χ4v) is 4.20. The van der Waals surface area contributed by atoms with Gasteiger partial charge in [-0.05, 0) is 57.5 Å². The van der Waals surface area contributed by atoms with E-state index in [1.165, 1.54) is 12.3 Å². The quantitative estimate of drug-likeness (QED) is 0.380. The number of carbonyl (C=O) groups is 2. The van der Waals surface area contributed by atoms with E-state index in [-0.39, 0.29) is 28.9 Å². The van der Waals surface area contributed by atoms with Gasteiger partial charge in [-0.25, -0.2) is 4.39 Å². The number of furan rings is 1. The van der Waals surface area contributed by atoms with E-state index in [9.17, 15) is 14.0 Å². The lowest BCUT2D eigenvalue weighted by Crippen LogP contribution is -2.48. The van der Waals surface area contributed by atoms with E-state index < -0.39 is 23.8 Å². The lowest BCUT2D eigenvalue weighted by atomic mass is 10.2. The Morgan fingerprint density at radius 2 is 2.05 bits per heavy atom. The van der Waals surface area contributed by atoms with Crippen LogP contribution in [0.5, 0.6) is 5.75 Å². The normalized spacial score (nSPS) is 16.1. The maximum atomic E-state index is 14.6. The van der Waals surface area contributed by atoms with Crippen molar-refractivity contribution in [1.29, 1.82) is 0 Å². The zero-order valence-electron chi connectivity index (χ0n) is 21.6. The Kier molecular flexibility index (Phi) is 9.08. The molecule has 2 aromatic heterocycles. The van der Waals surface area contributed by atoms with Gasteiger partial charge in [0.05, 0.1) is 24.5 Å². The Morgan fingerprint density at radius 1 is 1.21 bits per heavy atom. The summed E-state index contributed by atoms with van der Waals surface area (Å²) in [5, 5.41) is 6.48. The van der Waals surface area contributed by atoms with Crippen LogP contribution in [0.25, 0.3) is 11.4 Å². The van der Waals surface area contributed by atoms with E-state index in [1.807, 2.05) is 0 Å². The highest BCUT2D eigenvalue weighted by atomic mass is 19.1. The predicted molar refractivity (Wildman–Crippen MR) is 136 cm³/mol. The lowest BCUT2D eigenvalue weighted by molar-refractivity contribution is -0.132. The third-order valence-electron chi connectivity index (χ3n) is 6.26. The van der Waals surface area contributed by atoms with Crippen LogP contribution in [0.15, 0.2) is 45.5 Å². The first-order valence-corrected chi connectivity index (χ1v) is 12.7. The minimum Gasteiger partial charge on any atom is -0.493 e. The molecule has 3 N–H and O–H groups in total. The Balaban J connectivity index is 1.19. The number of carbonyl (C=O) groups excluding carboxylic acids is 2. The Hall–Kier alpha value is -3.77. The van der Waals surface area contributed by atoms with Gasteiger partial charge in [0.25, 0.3) is 5.91 Å². The molecule has 0 radical (unpaired) electrons. The molecular formula is C26H33FN6O5. The van der Waals surface area contributed by atoms with Crippen molar-refractivity contribution in [3.63, 3.8) is 0 Å². The highest BCUT2D eigenvalue weighted by molar-refractivity contribution is 5.95. The molecule has 204 valence electrons. The molecule has 0 spiro atoms. The fraction of sp³-hybridized carbons (Fsp3) is 0.462. The number of rotatable bonds is 10. The van der Waals surface area contributed by atoms with Crippen molar-refractivity contribution < 1.29 is 27.7 Å². The van der Waals surface area contributed by atoms with Crippen LogP contribution in [0.2, 0.25) is 0 Å². The molecule has 11 nitrogen and oxygen atoms in total. The van der Waals surface area contributed by atoms with Crippen LogP contribution in [-0.2, 0) is 4.79 Å². The zero-order valence-corrected chi connectivity index (χ0v) is 21.6. The number of nitrogens with zero attached hydrogens (tertiary/aromatic N) is 4. The van der Waals surface area contributed by atoms with Gasteiger partial charge in [0.15, 0.2) is 5.76 Å². The van der Waals surface area contributed by atoms with Gasteiger partial charge in [-0.3, -0.25) is 9.59 Å². The second-order valence-electron chi connectivity index (χ2n) is 9.28. The summed E-state index contributed by atoms with van der Waals surface area (Å²) in [6, 6.07) is 6.63. The number of hydrogen-bond acceptors (Lipinski definition) is 9. The van der Waals surface area contributed by atoms with E-state index in [1.54, 1.807) is 43.0 Å². The van der Waals surface area contributed by atoms with E-state index in [0.717, 1.165) is 32.5 Å². The number of aromatic nitrogens is 2. The highest BCUT2D eigenvalue weighted by Crippen LogP contribution is 2.25.